The maximum Gasteiger partial charge on any atom is 0.336 e. The number of nitrogens with zero attached hydrogens (tertiary/aromatic N) is 4. The standard InChI is InChI=1S/C27H21N5O4/c1-18-12-26(34)36-24-13-22(9-10-23(18)24)35-17-25(33)30-29-15-20-16-32(21-7-3-2-4-8-21)31-27(20)19-6-5-11-28-14-19/h2-16H,17H2,1H3,(H,30,33)/b29-15-. The molecule has 3 heterocycles. The second kappa shape index (κ2) is 10.1. The van der Waals surface area contributed by atoms with Crippen LogP contribution in [0.1, 0.15) is 11.1 Å². The van der Waals surface area contributed by atoms with Crippen molar-refractivity contribution in [3.05, 3.63) is 107 Å². The number of benzene rings is 2. The van der Waals surface area contributed by atoms with E-state index in [1.807, 2.05) is 55.6 Å². The van der Waals surface area contributed by atoms with E-state index in [4.69, 9.17) is 9.15 Å². The first-order valence-electron chi connectivity index (χ1n) is 11.1. The van der Waals surface area contributed by atoms with Crippen LogP contribution in [-0.4, -0.2) is 33.5 Å². The van der Waals surface area contributed by atoms with E-state index in [1.165, 1.54) is 12.3 Å². The molecular weight excluding hydrogens is 458 g/mol. The minimum atomic E-state index is -0.449. The van der Waals surface area contributed by atoms with E-state index in [0.717, 1.165) is 22.2 Å². The van der Waals surface area contributed by atoms with E-state index in [1.54, 1.807) is 35.3 Å². The molecule has 2 aromatic carbocycles. The van der Waals surface area contributed by atoms with Crippen molar-refractivity contribution >= 4 is 23.1 Å². The topological polar surface area (TPSA) is 112 Å². The number of para-hydroxylation sites is 1. The fraction of sp³-hybridized carbons (Fsp3) is 0.0741. The molecule has 0 bridgehead atoms. The van der Waals surface area contributed by atoms with Gasteiger partial charge < -0.3 is 9.15 Å². The summed E-state index contributed by atoms with van der Waals surface area (Å²) in [6.07, 6.45) is 6.76. The Labute approximate surface area is 205 Å². The van der Waals surface area contributed by atoms with Crippen molar-refractivity contribution in [1.29, 1.82) is 0 Å². The molecular formula is C27H21N5O4. The van der Waals surface area contributed by atoms with Gasteiger partial charge in [0, 0.05) is 47.2 Å². The monoisotopic (exact) mass is 479 g/mol. The van der Waals surface area contributed by atoms with Gasteiger partial charge in [0.2, 0.25) is 0 Å². The minimum Gasteiger partial charge on any atom is -0.484 e. The first kappa shape index (κ1) is 22.7. The van der Waals surface area contributed by atoms with Crippen LogP contribution < -0.4 is 15.8 Å². The van der Waals surface area contributed by atoms with Crippen molar-refractivity contribution in [3.8, 4) is 22.7 Å². The van der Waals surface area contributed by atoms with Crippen molar-refractivity contribution in [1.82, 2.24) is 20.2 Å². The molecule has 0 unspecified atom stereocenters. The number of pyridine rings is 1. The fourth-order valence-electron chi connectivity index (χ4n) is 3.67. The zero-order valence-electron chi connectivity index (χ0n) is 19.3. The highest BCUT2D eigenvalue weighted by molar-refractivity contribution is 5.89. The highest BCUT2D eigenvalue weighted by atomic mass is 16.5. The Kier molecular flexibility index (Phi) is 6.35. The Hall–Kier alpha value is -5.05. The number of fused-ring (bicyclic) bond motifs is 1. The van der Waals surface area contributed by atoms with Gasteiger partial charge in [-0.2, -0.15) is 10.2 Å². The van der Waals surface area contributed by atoms with Crippen LogP contribution in [0.5, 0.6) is 5.75 Å². The van der Waals surface area contributed by atoms with E-state index >= 15 is 0 Å². The Bertz CT molecular complexity index is 1610. The molecule has 3 aromatic heterocycles. The van der Waals surface area contributed by atoms with E-state index in [0.29, 0.717) is 22.6 Å². The maximum atomic E-state index is 12.3. The summed E-state index contributed by atoms with van der Waals surface area (Å²) in [5.74, 6) is -0.0474. The van der Waals surface area contributed by atoms with Crippen molar-refractivity contribution < 1.29 is 13.9 Å². The highest BCUT2D eigenvalue weighted by Gasteiger charge is 2.12. The summed E-state index contributed by atoms with van der Waals surface area (Å²) in [5.41, 5.74) is 6.32. The van der Waals surface area contributed by atoms with Gasteiger partial charge in [0.1, 0.15) is 17.0 Å². The number of hydrogen-bond donors (Lipinski definition) is 1. The van der Waals surface area contributed by atoms with Crippen LogP contribution >= 0.6 is 0 Å². The average Bonchev–Trinajstić information content (AvgIpc) is 3.32. The lowest BCUT2D eigenvalue weighted by molar-refractivity contribution is -0.123. The van der Waals surface area contributed by atoms with Gasteiger partial charge in [-0.15, -0.1) is 0 Å². The van der Waals surface area contributed by atoms with Gasteiger partial charge in [-0.1, -0.05) is 18.2 Å². The molecule has 0 atom stereocenters. The lowest BCUT2D eigenvalue weighted by Gasteiger charge is -2.06. The third kappa shape index (κ3) is 5.05. The van der Waals surface area contributed by atoms with Crippen LogP contribution in [0.4, 0.5) is 0 Å². The predicted octanol–water partition coefficient (Wildman–Crippen LogP) is 3.88. The van der Waals surface area contributed by atoms with Crippen LogP contribution in [0.3, 0.4) is 0 Å². The number of hydrogen-bond acceptors (Lipinski definition) is 7. The number of aromatic nitrogens is 3. The van der Waals surface area contributed by atoms with E-state index in [2.05, 4.69) is 20.6 Å². The number of nitrogens with one attached hydrogen (secondary N) is 1. The molecule has 0 saturated carbocycles. The smallest absolute Gasteiger partial charge is 0.336 e. The van der Waals surface area contributed by atoms with Gasteiger partial charge >= 0.3 is 5.63 Å². The fourth-order valence-corrected chi connectivity index (χ4v) is 3.67. The molecule has 0 aliphatic rings. The lowest BCUT2D eigenvalue weighted by atomic mass is 10.1. The van der Waals surface area contributed by atoms with Gasteiger partial charge in [0.25, 0.3) is 5.91 Å². The zero-order chi connectivity index (χ0) is 24.9. The van der Waals surface area contributed by atoms with Crippen molar-refractivity contribution in [2.45, 2.75) is 6.92 Å². The first-order valence-corrected chi connectivity index (χ1v) is 11.1. The molecule has 0 aliphatic carbocycles. The van der Waals surface area contributed by atoms with Crippen LogP contribution in [-0.2, 0) is 4.79 Å². The normalized spacial score (nSPS) is 11.1. The van der Waals surface area contributed by atoms with E-state index in [-0.39, 0.29) is 6.61 Å². The van der Waals surface area contributed by atoms with Gasteiger partial charge in [-0.3, -0.25) is 9.78 Å². The van der Waals surface area contributed by atoms with Crippen LogP contribution in [0.25, 0.3) is 27.9 Å². The molecule has 1 N–H and O–H groups in total. The summed E-state index contributed by atoms with van der Waals surface area (Å²) in [7, 11) is 0. The van der Waals surface area contributed by atoms with Gasteiger partial charge in [0.15, 0.2) is 6.61 Å². The Morgan fingerprint density at radius 2 is 2.00 bits per heavy atom. The SMILES string of the molecule is Cc1cc(=O)oc2cc(OCC(=O)N/N=C\c3cn(-c4ccccc4)nc3-c3cccnc3)ccc12. The number of carbonyl (C=O) groups is 1. The van der Waals surface area contributed by atoms with Crippen molar-refractivity contribution in [2.24, 2.45) is 5.10 Å². The van der Waals surface area contributed by atoms with Crippen LogP contribution in [0, 0.1) is 6.92 Å². The summed E-state index contributed by atoms with van der Waals surface area (Å²) in [5, 5.41) is 9.56. The summed E-state index contributed by atoms with van der Waals surface area (Å²) in [6.45, 7) is 1.56. The summed E-state index contributed by atoms with van der Waals surface area (Å²) in [4.78, 5) is 28.1. The third-order valence-corrected chi connectivity index (χ3v) is 5.38. The Balaban J connectivity index is 1.28. The zero-order valence-corrected chi connectivity index (χ0v) is 19.3. The number of hydrazone groups is 1. The number of carbonyl (C=O) groups excluding carboxylic acids is 1. The number of aryl methyl sites for hydroxylation is 1. The average molecular weight is 479 g/mol. The first-order chi connectivity index (χ1) is 17.6. The lowest BCUT2D eigenvalue weighted by Crippen LogP contribution is -2.24. The van der Waals surface area contributed by atoms with E-state index < -0.39 is 11.5 Å². The molecule has 1 amide bonds. The molecule has 0 aliphatic heterocycles. The highest BCUT2D eigenvalue weighted by Crippen LogP contribution is 2.23. The number of amides is 1. The summed E-state index contributed by atoms with van der Waals surface area (Å²) < 4.78 is 12.5. The van der Waals surface area contributed by atoms with Crippen molar-refractivity contribution in [2.75, 3.05) is 6.61 Å². The molecule has 0 fully saturated rings. The molecule has 0 saturated heterocycles. The number of rotatable bonds is 7. The molecule has 0 spiro atoms. The molecule has 0 radical (unpaired) electrons. The van der Waals surface area contributed by atoms with Gasteiger partial charge in [-0.25, -0.2) is 14.9 Å². The predicted molar refractivity (Wildman–Crippen MR) is 135 cm³/mol. The van der Waals surface area contributed by atoms with E-state index in [9.17, 15) is 9.59 Å². The van der Waals surface area contributed by atoms with Gasteiger partial charge in [0.05, 0.1) is 11.9 Å². The molecule has 9 heteroatoms. The molecule has 5 rings (SSSR count). The van der Waals surface area contributed by atoms with Crippen LogP contribution in [0.15, 0.2) is 99.6 Å². The summed E-state index contributed by atoms with van der Waals surface area (Å²) >= 11 is 0. The largest absolute Gasteiger partial charge is 0.484 e. The molecule has 36 heavy (non-hydrogen) atoms. The van der Waals surface area contributed by atoms with Gasteiger partial charge in [-0.05, 0) is 48.9 Å². The quantitative estimate of drug-likeness (QED) is 0.215. The Morgan fingerprint density at radius 3 is 2.81 bits per heavy atom. The summed E-state index contributed by atoms with van der Waals surface area (Å²) in [6, 6.07) is 19.9. The molecule has 178 valence electrons. The second-order valence-corrected chi connectivity index (χ2v) is 7.94. The Morgan fingerprint density at radius 1 is 1.14 bits per heavy atom. The maximum absolute atomic E-state index is 12.3. The second-order valence-electron chi connectivity index (χ2n) is 7.94. The van der Waals surface area contributed by atoms with Crippen molar-refractivity contribution in [3.63, 3.8) is 0 Å². The molecule has 5 aromatic rings. The third-order valence-electron chi connectivity index (χ3n) is 5.38. The number of ether oxygens (including phenoxy) is 1. The molecule has 9 nitrogen and oxygen atoms in total. The minimum absolute atomic E-state index is 0.266. The van der Waals surface area contributed by atoms with Crippen LogP contribution in [0.2, 0.25) is 0 Å².